The maximum Gasteiger partial charge on any atom is 0.159 e. The number of aromatic nitrogens is 3. The lowest BCUT2D eigenvalue weighted by Gasteiger charge is -2.12. The zero-order valence-electron chi connectivity index (χ0n) is 14.7. The van der Waals surface area contributed by atoms with Gasteiger partial charge in [0.05, 0.1) is 15.5 Å². The highest BCUT2D eigenvalue weighted by Gasteiger charge is 2.21. The van der Waals surface area contributed by atoms with Crippen molar-refractivity contribution in [3.63, 3.8) is 0 Å². The van der Waals surface area contributed by atoms with Crippen LogP contribution in [0.15, 0.2) is 53.5 Å². The monoisotopic (exact) mass is 311 g/mol. The van der Waals surface area contributed by atoms with Gasteiger partial charge >= 0.3 is 0 Å². The minimum Gasteiger partial charge on any atom is -0.281 e. The molecular weight excluding hydrogens is 296 g/mol. The van der Waals surface area contributed by atoms with Crippen molar-refractivity contribution >= 4 is 17.3 Å². The molecule has 2 aromatic carbocycles. The summed E-state index contributed by atoms with van der Waals surface area (Å²) in [6.45, 7) is 0.777. The number of rotatable bonds is 1. The summed E-state index contributed by atoms with van der Waals surface area (Å²) in [5.74, 6) is 0.921. The van der Waals surface area contributed by atoms with E-state index >= 15 is 0 Å². The van der Waals surface area contributed by atoms with Gasteiger partial charge in [-0.25, -0.2) is 0 Å². The molecule has 0 spiro atoms. The standard InChI is InChI=1S/C17H13ClN4/c1-11-20-21-16-10-19-17(12-5-3-2-4-6-12)14-9-13(18)7-8-15(14)22(11)16/h2-9H,10H2,1H3/i7D,9D,10D. The van der Waals surface area contributed by atoms with Gasteiger partial charge in [0.2, 0.25) is 0 Å². The van der Waals surface area contributed by atoms with Crippen molar-refractivity contribution in [2.24, 2.45) is 4.99 Å². The molecule has 5 heteroatoms. The Kier molecular flexibility index (Phi) is 2.37. The van der Waals surface area contributed by atoms with Crippen LogP contribution in [0.3, 0.4) is 0 Å². The highest BCUT2D eigenvalue weighted by atomic mass is 35.5. The van der Waals surface area contributed by atoms with E-state index in [-0.39, 0.29) is 17.1 Å². The van der Waals surface area contributed by atoms with Gasteiger partial charge in [0.15, 0.2) is 5.82 Å². The summed E-state index contributed by atoms with van der Waals surface area (Å²) >= 11 is 6.18. The summed E-state index contributed by atoms with van der Waals surface area (Å²) in [6.07, 6.45) is 0. The number of hydrogen-bond donors (Lipinski definition) is 0. The highest BCUT2D eigenvalue weighted by molar-refractivity contribution is 6.31. The van der Waals surface area contributed by atoms with Crippen molar-refractivity contribution < 1.29 is 4.11 Å². The molecule has 1 aromatic heterocycles. The van der Waals surface area contributed by atoms with E-state index in [9.17, 15) is 0 Å². The summed E-state index contributed by atoms with van der Waals surface area (Å²) in [6, 6.07) is 11.0. The fourth-order valence-corrected chi connectivity index (χ4v) is 2.68. The maximum absolute atomic E-state index is 8.47. The lowest BCUT2D eigenvalue weighted by Crippen LogP contribution is -2.08. The molecule has 0 radical (unpaired) electrons. The molecule has 1 unspecified atom stereocenters. The summed E-state index contributed by atoms with van der Waals surface area (Å²) in [5, 5.41) is 8.16. The van der Waals surface area contributed by atoms with E-state index in [4.69, 9.17) is 15.7 Å². The lowest BCUT2D eigenvalue weighted by molar-refractivity contribution is 0.862. The second-order valence-corrected chi connectivity index (χ2v) is 5.28. The van der Waals surface area contributed by atoms with Gasteiger partial charge in [-0.2, -0.15) is 0 Å². The fourth-order valence-electron chi connectivity index (χ4n) is 2.53. The molecule has 0 fully saturated rings. The predicted octanol–water partition coefficient (Wildman–Crippen LogP) is 3.58. The molecule has 0 bridgehead atoms. The van der Waals surface area contributed by atoms with Gasteiger partial charge in [-0.05, 0) is 25.1 Å². The van der Waals surface area contributed by atoms with Crippen molar-refractivity contribution in [2.75, 3.05) is 0 Å². The zero-order valence-corrected chi connectivity index (χ0v) is 12.5. The summed E-state index contributed by atoms with van der Waals surface area (Å²) in [5.41, 5.74) is 2.30. The van der Waals surface area contributed by atoms with Gasteiger partial charge in [0, 0.05) is 16.1 Å². The Morgan fingerprint density at radius 2 is 2.05 bits per heavy atom. The van der Waals surface area contributed by atoms with E-state index in [1.165, 1.54) is 0 Å². The predicted molar refractivity (Wildman–Crippen MR) is 86.9 cm³/mol. The van der Waals surface area contributed by atoms with Crippen LogP contribution in [0.1, 0.15) is 26.9 Å². The lowest BCUT2D eigenvalue weighted by atomic mass is 10.0. The first-order valence-corrected chi connectivity index (χ1v) is 7.14. The molecule has 0 saturated heterocycles. The Morgan fingerprint density at radius 1 is 1.23 bits per heavy atom. The molecule has 108 valence electrons. The van der Waals surface area contributed by atoms with Crippen LogP contribution in [-0.4, -0.2) is 20.5 Å². The zero-order chi connectivity index (χ0) is 17.7. The molecule has 1 atom stereocenters. The number of aryl methyl sites for hydroxylation is 1. The molecule has 3 aromatic rings. The first kappa shape index (κ1) is 10.3. The van der Waals surface area contributed by atoms with Gasteiger partial charge in [0.1, 0.15) is 12.3 Å². The van der Waals surface area contributed by atoms with E-state index in [1.54, 1.807) is 17.6 Å². The van der Waals surface area contributed by atoms with Crippen LogP contribution >= 0.6 is 11.6 Å². The number of aliphatic imine (C=N–C) groups is 1. The number of benzene rings is 2. The van der Waals surface area contributed by atoms with E-state index in [0.29, 0.717) is 28.6 Å². The normalized spacial score (nSPS) is 18.4. The Balaban J connectivity index is 2.13. The number of halogens is 1. The maximum atomic E-state index is 8.47. The molecule has 22 heavy (non-hydrogen) atoms. The minimum absolute atomic E-state index is 0.0138. The third-order valence-electron chi connectivity index (χ3n) is 3.51. The highest BCUT2D eigenvalue weighted by Crippen LogP contribution is 2.27. The van der Waals surface area contributed by atoms with Crippen molar-refractivity contribution in [2.45, 2.75) is 13.4 Å². The Bertz CT molecular complexity index is 1010. The average molecular weight is 312 g/mol. The largest absolute Gasteiger partial charge is 0.281 e. The van der Waals surface area contributed by atoms with E-state index in [0.717, 1.165) is 5.56 Å². The van der Waals surface area contributed by atoms with E-state index in [1.807, 2.05) is 30.3 Å². The van der Waals surface area contributed by atoms with Crippen LogP contribution in [-0.2, 0) is 6.52 Å². The minimum atomic E-state index is -0.990. The van der Waals surface area contributed by atoms with Gasteiger partial charge in [-0.1, -0.05) is 41.9 Å². The van der Waals surface area contributed by atoms with Crippen LogP contribution in [0, 0.1) is 6.92 Å². The van der Waals surface area contributed by atoms with Crippen LogP contribution in [0.2, 0.25) is 5.02 Å². The Labute approximate surface area is 137 Å². The first-order valence-electron chi connectivity index (χ1n) is 8.34. The topological polar surface area (TPSA) is 43.1 Å². The van der Waals surface area contributed by atoms with Gasteiger partial charge < -0.3 is 0 Å². The van der Waals surface area contributed by atoms with Crippen molar-refractivity contribution in [3.8, 4) is 5.69 Å². The fraction of sp³-hybridized carbons (Fsp3) is 0.118. The van der Waals surface area contributed by atoms with Crippen LogP contribution in [0.5, 0.6) is 0 Å². The van der Waals surface area contributed by atoms with E-state index < -0.39 is 6.52 Å². The van der Waals surface area contributed by atoms with Crippen molar-refractivity contribution in [1.82, 2.24) is 14.8 Å². The SMILES string of the molecule is [2H]c1cc2c(c([2H])c1Cl)C(c1ccccc1)=NC([2H])c1nnc(C)n1-2. The first-order chi connectivity index (χ1) is 12.0. The van der Waals surface area contributed by atoms with Gasteiger partial charge in [-0.15, -0.1) is 10.2 Å². The smallest absolute Gasteiger partial charge is 0.159 e. The molecule has 4 nitrogen and oxygen atoms in total. The molecule has 1 aliphatic heterocycles. The molecule has 0 amide bonds. The summed E-state index contributed by atoms with van der Waals surface area (Å²) < 4.78 is 26.6. The molecular formula is C17H13ClN4. The number of nitrogens with zero attached hydrogens (tertiary/aromatic N) is 4. The van der Waals surface area contributed by atoms with E-state index in [2.05, 4.69) is 15.2 Å². The molecule has 4 rings (SSSR count). The molecule has 0 saturated carbocycles. The van der Waals surface area contributed by atoms with Gasteiger partial charge in [0.25, 0.3) is 0 Å². The summed E-state index contributed by atoms with van der Waals surface area (Å²) in [7, 11) is 0. The van der Waals surface area contributed by atoms with Crippen molar-refractivity contribution in [1.29, 1.82) is 0 Å². The molecule has 0 N–H and O–H groups in total. The van der Waals surface area contributed by atoms with Crippen LogP contribution in [0.4, 0.5) is 0 Å². The second kappa shape index (κ2) is 5.07. The molecule has 2 heterocycles. The molecule has 1 aliphatic rings. The molecule has 0 aliphatic carbocycles. The number of fused-ring (bicyclic) bond motifs is 3. The Hall–Kier alpha value is -2.46. The van der Waals surface area contributed by atoms with Crippen LogP contribution in [0.25, 0.3) is 5.69 Å². The average Bonchev–Trinajstić information content (AvgIpc) is 2.94. The third kappa shape index (κ3) is 2.04. The third-order valence-corrected chi connectivity index (χ3v) is 3.71. The Morgan fingerprint density at radius 3 is 2.86 bits per heavy atom. The van der Waals surface area contributed by atoms with Crippen molar-refractivity contribution in [3.05, 3.63) is 76.3 Å². The second-order valence-electron chi connectivity index (χ2n) is 4.90. The quantitative estimate of drug-likeness (QED) is 0.689. The summed E-state index contributed by atoms with van der Waals surface area (Å²) in [4.78, 5) is 4.49. The number of hydrogen-bond acceptors (Lipinski definition) is 3. The van der Waals surface area contributed by atoms with Gasteiger partial charge in [-0.3, -0.25) is 9.56 Å². The van der Waals surface area contributed by atoms with Crippen LogP contribution < -0.4 is 0 Å².